The zero-order valence-corrected chi connectivity index (χ0v) is 13.8. The molecule has 0 aliphatic carbocycles. The number of halogens is 1. The van der Waals surface area contributed by atoms with Gasteiger partial charge in [-0.15, -0.1) is 0 Å². The van der Waals surface area contributed by atoms with Crippen LogP contribution < -0.4 is 10.1 Å². The summed E-state index contributed by atoms with van der Waals surface area (Å²) in [6.07, 6.45) is 2.00. The second-order valence-corrected chi connectivity index (χ2v) is 5.38. The Balaban J connectivity index is 1.96. The molecule has 6 nitrogen and oxygen atoms in total. The standard InChI is InChI=1S/C17H17ClN2O4/c1-2-24-16-14(9-13(18)10-20-16)15(21)19-8-7-11-3-5-12(6-4-11)17(22)23/h3-6,9-10H,2,7-8H2,1H3,(H,19,21)(H,22,23). The molecule has 0 unspecified atom stereocenters. The molecule has 1 heterocycles. The first kappa shape index (κ1) is 17.7. The van der Waals surface area contributed by atoms with Crippen LogP contribution in [0, 0.1) is 0 Å². The van der Waals surface area contributed by atoms with E-state index < -0.39 is 5.97 Å². The summed E-state index contributed by atoms with van der Waals surface area (Å²) in [4.78, 5) is 27.1. The zero-order valence-electron chi connectivity index (χ0n) is 13.1. The average molecular weight is 349 g/mol. The van der Waals surface area contributed by atoms with E-state index in [9.17, 15) is 9.59 Å². The smallest absolute Gasteiger partial charge is 0.335 e. The van der Waals surface area contributed by atoms with Crippen molar-refractivity contribution in [1.29, 1.82) is 0 Å². The van der Waals surface area contributed by atoms with Gasteiger partial charge in [0, 0.05) is 12.7 Å². The lowest BCUT2D eigenvalue weighted by atomic mass is 10.1. The van der Waals surface area contributed by atoms with Crippen molar-refractivity contribution in [2.45, 2.75) is 13.3 Å². The molecule has 2 aromatic rings. The fourth-order valence-electron chi connectivity index (χ4n) is 2.07. The van der Waals surface area contributed by atoms with Crippen LogP contribution in [0.2, 0.25) is 5.02 Å². The van der Waals surface area contributed by atoms with E-state index in [1.807, 2.05) is 0 Å². The first-order valence-electron chi connectivity index (χ1n) is 7.40. The Hall–Kier alpha value is -2.60. The fraction of sp³-hybridized carbons (Fsp3) is 0.235. The quantitative estimate of drug-likeness (QED) is 0.803. The first-order chi connectivity index (χ1) is 11.5. The molecule has 0 radical (unpaired) electrons. The van der Waals surface area contributed by atoms with E-state index in [0.29, 0.717) is 24.6 Å². The van der Waals surface area contributed by atoms with Gasteiger partial charge in [0.25, 0.3) is 5.91 Å². The SMILES string of the molecule is CCOc1ncc(Cl)cc1C(=O)NCCc1ccc(C(=O)O)cc1. The van der Waals surface area contributed by atoms with Gasteiger partial charge in [0.15, 0.2) is 0 Å². The molecule has 1 aromatic carbocycles. The lowest BCUT2D eigenvalue weighted by Crippen LogP contribution is -2.26. The highest BCUT2D eigenvalue weighted by molar-refractivity contribution is 6.30. The van der Waals surface area contributed by atoms with Crippen molar-refractivity contribution in [2.75, 3.05) is 13.2 Å². The van der Waals surface area contributed by atoms with Crippen LogP contribution in [0.5, 0.6) is 5.88 Å². The Morgan fingerprint density at radius 2 is 2.00 bits per heavy atom. The van der Waals surface area contributed by atoms with Gasteiger partial charge in [0.1, 0.15) is 5.56 Å². The number of carbonyl (C=O) groups is 2. The number of carbonyl (C=O) groups excluding carboxylic acids is 1. The van der Waals surface area contributed by atoms with E-state index in [1.165, 1.54) is 24.4 Å². The van der Waals surface area contributed by atoms with E-state index in [2.05, 4.69) is 10.3 Å². The van der Waals surface area contributed by atoms with Crippen molar-refractivity contribution in [3.05, 3.63) is 58.2 Å². The van der Waals surface area contributed by atoms with Gasteiger partial charge < -0.3 is 15.2 Å². The van der Waals surface area contributed by atoms with Crippen molar-refractivity contribution in [3.8, 4) is 5.88 Å². The van der Waals surface area contributed by atoms with Gasteiger partial charge in [-0.05, 0) is 37.1 Å². The molecule has 0 aliphatic rings. The number of pyridine rings is 1. The highest BCUT2D eigenvalue weighted by Gasteiger charge is 2.14. The topological polar surface area (TPSA) is 88.5 Å². The van der Waals surface area contributed by atoms with Crippen molar-refractivity contribution >= 4 is 23.5 Å². The molecule has 0 bridgehead atoms. The molecule has 2 N–H and O–H groups in total. The third kappa shape index (κ3) is 4.70. The van der Waals surface area contributed by atoms with E-state index in [4.69, 9.17) is 21.4 Å². The van der Waals surface area contributed by atoms with Gasteiger partial charge in [-0.1, -0.05) is 23.7 Å². The summed E-state index contributed by atoms with van der Waals surface area (Å²) in [6.45, 7) is 2.59. The second kappa shape index (κ2) is 8.31. The van der Waals surface area contributed by atoms with Crippen LogP contribution in [0.3, 0.4) is 0 Å². The van der Waals surface area contributed by atoms with Crippen LogP contribution in [0.15, 0.2) is 36.5 Å². The number of carboxylic acids is 1. The molecule has 2 rings (SSSR count). The molecule has 1 amide bonds. The summed E-state index contributed by atoms with van der Waals surface area (Å²) >= 11 is 5.89. The Morgan fingerprint density at radius 1 is 1.29 bits per heavy atom. The van der Waals surface area contributed by atoms with Crippen molar-refractivity contribution in [2.24, 2.45) is 0 Å². The Bertz CT molecular complexity index is 732. The van der Waals surface area contributed by atoms with Crippen molar-refractivity contribution in [3.63, 3.8) is 0 Å². The molecule has 24 heavy (non-hydrogen) atoms. The summed E-state index contributed by atoms with van der Waals surface area (Å²) in [6, 6.07) is 8.03. The van der Waals surface area contributed by atoms with Gasteiger partial charge in [-0.3, -0.25) is 4.79 Å². The maximum absolute atomic E-state index is 12.3. The Kier molecular flexibility index (Phi) is 6.14. The molecule has 1 aromatic heterocycles. The van der Waals surface area contributed by atoms with E-state index in [-0.39, 0.29) is 22.9 Å². The summed E-state index contributed by atoms with van der Waals surface area (Å²) in [5.41, 5.74) is 1.44. The van der Waals surface area contributed by atoms with E-state index >= 15 is 0 Å². The van der Waals surface area contributed by atoms with Crippen LogP contribution in [-0.2, 0) is 6.42 Å². The third-order valence-corrected chi connectivity index (χ3v) is 3.45. The number of nitrogens with one attached hydrogen (secondary N) is 1. The largest absolute Gasteiger partial charge is 0.478 e. The highest BCUT2D eigenvalue weighted by atomic mass is 35.5. The Morgan fingerprint density at radius 3 is 2.62 bits per heavy atom. The number of aromatic carboxylic acids is 1. The predicted molar refractivity (Wildman–Crippen MR) is 89.9 cm³/mol. The highest BCUT2D eigenvalue weighted by Crippen LogP contribution is 2.19. The summed E-state index contributed by atoms with van der Waals surface area (Å²) in [7, 11) is 0. The van der Waals surface area contributed by atoms with Crippen LogP contribution in [0.4, 0.5) is 0 Å². The minimum absolute atomic E-state index is 0.231. The normalized spacial score (nSPS) is 10.2. The first-order valence-corrected chi connectivity index (χ1v) is 7.78. The zero-order chi connectivity index (χ0) is 17.5. The minimum atomic E-state index is -0.966. The molecule has 126 valence electrons. The Labute approximate surface area is 144 Å². The van der Waals surface area contributed by atoms with Crippen molar-refractivity contribution < 1.29 is 19.4 Å². The summed E-state index contributed by atoms with van der Waals surface area (Å²) in [5.74, 6) is -1.05. The van der Waals surface area contributed by atoms with Crippen LogP contribution in [0.25, 0.3) is 0 Å². The molecular formula is C17H17ClN2O4. The van der Waals surface area contributed by atoms with Crippen molar-refractivity contribution in [1.82, 2.24) is 10.3 Å². The van der Waals surface area contributed by atoms with E-state index in [1.54, 1.807) is 19.1 Å². The second-order valence-electron chi connectivity index (χ2n) is 4.95. The average Bonchev–Trinajstić information content (AvgIpc) is 2.57. The number of nitrogens with zero attached hydrogens (tertiary/aromatic N) is 1. The number of carboxylic acid groups (broad SMARTS) is 1. The number of benzene rings is 1. The number of ether oxygens (including phenoxy) is 1. The monoisotopic (exact) mass is 348 g/mol. The minimum Gasteiger partial charge on any atom is -0.478 e. The molecule has 0 spiro atoms. The number of aromatic nitrogens is 1. The van der Waals surface area contributed by atoms with Gasteiger partial charge >= 0.3 is 5.97 Å². The fourth-order valence-corrected chi connectivity index (χ4v) is 2.23. The van der Waals surface area contributed by atoms with Crippen LogP contribution >= 0.6 is 11.6 Å². The lowest BCUT2D eigenvalue weighted by Gasteiger charge is -2.10. The van der Waals surface area contributed by atoms with Gasteiger partial charge in [0.2, 0.25) is 5.88 Å². The van der Waals surface area contributed by atoms with Crippen LogP contribution in [-0.4, -0.2) is 35.1 Å². The molecule has 7 heteroatoms. The van der Waals surface area contributed by atoms with E-state index in [0.717, 1.165) is 5.56 Å². The maximum Gasteiger partial charge on any atom is 0.335 e. The number of hydrogen-bond acceptors (Lipinski definition) is 4. The summed E-state index contributed by atoms with van der Waals surface area (Å²) < 4.78 is 5.33. The number of rotatable bonds is 7. The predicted octanol–water partition coefficient (Wildman–Crippen LogP) is 2.80. The summed E-state index contributed by atoms with van der Waals surface area (Å²) in [5, 5.41) is 12.0. The molecule has 0 atom stereocenters. The lowest BCUT2D eigenvalue weighted by molar-refractivity contribution is 0.0696. The number of amides is 1. The van der Waals surface area contributed by atoms with Crippen LogP contribution in [0.1, 0.15) is 33.2 Å². The molecular weight excluding hydrogens is 332 g/mol. The van der Waals surface area contributed by atoms with Gasteiger partial charge in [0.05, 0.1) is 17.2 Å². The van der Waals surface area contributed by atoms with Gasteiger partial charge in [-0.25, -0.2) is 9.78 Å². The molecule has 0 aliphatic heterocycles. The third-order valence-electron chi connectivity index (χ3n) is 3.24. The number of hydrogen-bond donors (Lipinski definition) is 2. The van der Waals surface area contributed by atoms with Gasteiger partial charge in [-0.2, -0.15) is 0 Å². The molecule has 0 saturated carbocycles. The molecule has 0 saturated heterocycles. The molecule has 0 fully saturated rings. The maximum atomic E-state index is 12.3.